The van der Waals surface area contributed by atoms with Crippen LogP contribution in [0.1, 0.15) is 5.56 Å². The van der Waals surface area contributed by atoms with Crippen LogP contribution in [-0.4, -0.2) is 76.3 Å². The summed E-state index contributed by atoms with van der Waals surface area (Å²) in [6.07, 6.45) is 1.38. The summed E-state index contributed by atoms with van der Waals surface area (Å²) < 4.78 is 33.1. The Bertz CT molecular complexity index is 1540. The number of halogens is 1. The van der Waals surface area contributed by atoms with E-state index < -0.39 is 16.1 Å². The van der Waals surface area contributed by atoms with E-state index in [0.717, 1.165) is 15.3 Å². The quantitative estimate of drug-likeness (QED) is 0.395. The highest BCUT2D eigenvalue weighted by Crippen LogP contribution is 2.25. The Labute approximate surface area is 205 Å². The lowest BCUT2D eigenvalue weighted by Gasteiger charge is -2.39. The van der Waals surface area contributed by atoms with Gasteiger partial charge in [0.05, 0.1) is 35.7 Å². The van der Waals surface area contributed by atoms with E-state index in [2.05, 4.69) is 19.9 Å². The molecule has 0 spiro atoms. The molecule has 0 bridgehead atoms. The highest BCUT2D eigenvalue weighted by molar-refractivity contribution is 7.89. The van der Waals surface area contributed by atoms with Crippen LogP contribution in [0.5, 0.6) is 0 Å². The van der Waals surface area contributed by atoms with Gasteiger partial charge in [-0.05, 0) is 35.9 Å². The first-order valence-electron chi connectivity index (χ1n) is 10.7. The van der Waals surface area contributed by atoms with Gasteiger partial charge in [-0.1, -0.05) is 17.7 Å². The van der Waals surface area contributed by atoms with Crippen LogP contribution < -0.4 is 5.73 Å². The molecule has 0 aliphatic carbocycles. The van der Waals surface area contributed by atoms with Gasteiger partial charge in [0.1, 0.15) is 12.1 Å². The van der Waals surface area contributed by atoms with Crippen LogP contribution in [0.25, 0.3) is 21.9 Å². The third kappa shape index (κ3) is 4.41. The van der Waals surface area contributed by atoms with Crippen molar-refractivity contribution in [3.05, 3.63) is 53.3 Å². The van der Waals surface area contributed by atoms with Crippen LogP contribution in [0.4, 0.5) is 5.82 Å². The Morgan fingerprint density at radius 3 is 2.83 bits per heavy atom. The molecule has 2 aromatic carbocycles. The van der Waals surface area contributed by atoms with Gasteiger partial charge in [0.15, 0.2) is 0 Å². The predicted molar refractivity (Wildman–Crippen MR) is 130 cm³/mol. The predicted octanol–water partition coefficient (Wildman–Crippen LogP) is 1.79. The van der Waals surface area contributed by atoms with Gasteiger partial charge in [-0.25, -0.2) is 23.4 Å². The van der Waals surface area contributed by atoms with Crippen molar-refractivity contribution in [2.45, 2.75) is 17.7 Å². The van der Waals surface area contributed by atoms with Gasteiger partial charge in [-0.15, -0.1) is 0 Å². The zero-order valence-corrected chi connectivity index (χ0v) is 20.3. The first-order valence-corrected chi connectivity index (χ1v) is 12.5. The minimum absolute atomic E-state index is 0.0580. The molecule has 5 rings (SSSR count). The molecule has 0 radical (unpaired) electrons. The van der Waals surface area contributed by atoms with E-state index in [9.17, 15) is 13.2 Å². The van der Waals surface area contributed by atoms with Crippen molar-refractivity contribution in [3.8, 4) is 0 Å². The first-order chi connectivity index (χ1) is 16.8. The number of nitrogens with two attached hydrogens (primary N) is 1. The van der Waals surface area contributed by atoms with Crippen molar-refractivity contribution in [3.63, 3.8) is 0 Å². The van der Waals surface area contributed by atoms with E-state index in [1.165, 1.54) is 13.4 Å². The SMILES string of the molecule is COC[C@@H]1CN(S(=O)(=O)c2nc3ccc(Cl)cc3[nH]2)CC(=O)N1Cc1ccc2c(N)ncnc2c1. The maximum atomic E-state index is 13.3. The summed E-state index contributed by atoms with van der Waals surface area (Å²) in [5, 5.41) is 0.940. The van der Waals surface area contributed by atoms with Crippen molar-refractivity contribution in [1.29, 1.82) is 0 Å². The lowest BCUT2D eigenvalue weighted by molar-refractivity contribution is -0.139. The van der Waals surface area contributed by atoms with Crippen LogP contribution in [0.15, 0.2) is 47.9 Å². The maximum Gasteiger partial charge on any atom is 0.277 e. The van der Waals surface area contributed by atoms with E-state index >= 15 is 0 Å². The summed E-state index contributed by atoms with van der Waals surface area (Å²) >= 11 is 6.00. The second-order valence-electron chi connectivity index (χ2n) is 8.24. The average molecular weight is 516 g/mol. The van der Waals surface area contributed by atoms with Crippen molar-refractivity contribution in [1.82, 2.24) is 29.1 Å². The zero-order valence-electron chi connectivity index (χ0n) is 18.7. The number of nitrogens with one attached hydrogen (secondary N) is 1. The smallest absolute Gasteiger partial charge is 0.277 e. The Morgan fingerprint density at radius 1 is 1.20 bits per heavy atom. The molecular formula is C22H22ClN7O4S. The Kier molecular flexibility index (Phi) is 6.05. The summed E-state index contributed by atoms with van der Waals surface area (Å²) in [6.45, 7) is 0.172. The number of piperazine rings is 1. The fraction of sp³-hybridized carbons (Fsp3) is 0.273. The van der Waals surface area contributed by atoms with Crippen LogP contribution in [0, 0.1) is 0 Å². The molecule has 3 N–H and O–H groups in total. The molecule has 0 saturated carbocycles. The number of nitrogens with zero attached hydrogens (tertiary/aromatic N) is 5. The Hall–Kier alpha value is -3.32. The number of aromatic amines is 1. The molecule has 1 saturated heterocycles. The van der Waals surface area contributed by atoms with Crippen LogP contribution in [0.3, 0.4) is 0 Å². The van der Waals surface area contributed by atoms with Crippen LogP contribution in [-0.2, 0) is 26.1 Å². The molecule has 182 valence electrons. The number of sulfonamides is 1. The Morgan fingerprint density at radius 2 is 2.03 bits per heavy atom. The number of methoxy groups -OCH3 is 1. The Balaban J connectivity index is 1.41. The number of aromatic nitrogens is 4. The molecule has 11 nitrogen and oxygen atoms in total. The number of nitrogen functional groups attached to an aromatic ring is 1. The normalized spacial score (nSPS) is 17.5. The minimum atomic E-state index is -4.06. The van der Waals surface area contributed by atoms with Gasteiger partial charge < -0.3 is 20.4 Å². The molecule has 2 aromatic heterocycles. The van der Waals surface area contributed by atoms with Crippen molar-refractivity contribution < 1.29 is 17.9 Å². The van der Waals surface area contributed by atoms with E-state index in [-0.39, 0.29) is 37.3 Å². The van der Waals surface area contributed by atoms with Gasteiger partial charge in [-0.2, -0.15) is 4.31 Å². The number of amides is 1. The number of hydrogen-bond acceptors (Lipinski definition) is 8. The summed E-state index contributed by atoms with van der Waals surface area (Å²) in [6, 6.07) is 9.86. The highest BCUT2D eigenvalue weighted by atomic mass is 35.5. The van der Waals surface area contributed by atoms with E-state index in [1.807, 2.05) is 18.2 Å². The second kappa shape index (κ2) is 9.04. The molecule has 1 fully saturated rings. The lowest BCUT2D eigenvalue weighted by Crippen LogP contribution is -2.58. The number of benzene rings is 2. The number of rotatable bonds is 6. The molecular weight excluding hydrogens is 494 g/mol. The molecule has 35 heavy (non-hydrogen) atoms. The number of carbonyl (C=O) groups excluding carboxylic acids is 1. The molecule has 1 amide bonds. The molecule has 4 aromatic rings. The molecule has 0 unspecified atom stereocenters. The van der Waals surface area contributed by atoms with Gasteiger partial charge >= 0.3 is 0 Å². The van der Waals surface area contributed by atoms with Crippen LogP contribution >= 0.6 is 11.6 Å². The highest BCUT2D eigenvalue weighted by Gasteiger charge is 2.39. The number of fused-ring (bicyclic) bond motifs is 2. The van der Waals surface area contributed by atoms with Crippen molar-refractivity contribution in [2.75, 3.05) is 32.5 Å². The zero-order chi connectivity index (χ0) is 24.7. The fourth-order valence-corrected chi connectivity index (χ4v) is 5.72. The first kappa shape index (κ1) is 23.4. The molecule has 1 aliphatic heterocycles. The topological polar surface area (TPSA) is 147 Å². The van der Waals surface area contributed by atoms with E-state index in [1.54, 1.807) is 23.1 Å². The van der Waals surface area contributed by atoms with Gasteiger partial charge in [-0.3, -0.25) is 4.79 Å². The summed E-state index contributed by atoms with van der Waals surface area (Å²) in [5.41, 5.74) is 8.35. The van der Waals surface area contributed by atoms with Gasteiger partial charge in [0, 0.05) is 30.6 Å². The maximum absolute atomic E-state index is 13.3. The number of carbonyl (C=O) groups is 1. The van der Waals surface area contributed by atoms with Crippen LogP contribution in [0.2, 0.25) is 5.02 Å². The number of H-pyrrole nitrogens is 1. The minimum Gasteiger partial charge on any atom is -0.383 e. The van der Waals surface area contributed by atoms with E-state index in [4.69, 9.17) is 22.1 Å². The standard InChI is InChI=1S/C22H22ClN7O4S/c1-34-11-15-9-29(35(32,33)22-27-17-5-3-14(23)7-19(17)28-22)10-20(31)30(15)8-13-2-4-16-18(6-13)25-12-26-21(16)24/h2-7,12,15H,8-11H2,1H3,(H,27,28)(H2,24,25,26)/t15-/m0/s1. The van der Waals surface area contributed by atoms with Crippen molar-refractivity contribution in [2.24, 2.45) is 0 Å². The fourth-order valence-electron chi connectivity index (χ4n) is 4.20. The summed E-state index contributed by atoms with van der Waals surface area (Å²) in [4.78, 5) is 30.0. The summed E-state index contributed by atoms with van der Waals surface area (Å²) in [7, 11) is -2.55. The monoisotopic (exact) mass is 515 g/mol. The number of ether oxygens (including phenoxy) is 1. The van der Waals surface area contributed by atoms with Crippen molar-refractivity contribution >= 4 is 55.3 Å². The molecule has 13 heteroatoms. The third-order valence-corrected chi connectivity index (χ3v) is 7.81. The lowest BCUT2D eigenvalue weighted by atomic mass is 10.1. The number of hydrogen-bond donors (Lipinski definition) is 2. The number of anilines is 1. The summed E-state index contributed by atoms with van der Waals surface area (Å²) in [5.74, 6) is 0.0323. The number of imidazole rings is 1. The molecule has 1 atom stereocenters. The largest absolute Gasteiger partial charge is 0.383 e. The molecule has 3 heterocycles. The van der Waals surface area contributed by atoms with Gasteiger partial charge in [0.25, 0.3) is 10.0 Å². The second-order valence-corrected chi connectivity index (χ2v) is 10.5. The van der Waals surface area contributed by atoms with E-state index in [0.29, 0.717) is 27.4 Å². The third-order valence-electron chi connectivity index (χ3n) is 5.94. The molecule has 1 aliphatic rings. The average Bonchev–Trinajstić information content (AvgIpc) is 3.25. The van der Waals surface area contributed by atoms with Gasteiger partial charge in [0.2, 0.25) is 11.1 Å².